The molecule has 0 heterocycles. The molecular weight excluding hydrogens is 274 g/mol. The van der Waals surface area contributed by atoms with Crippen molar-refractivity contribution in [3.8, 4) is 5.75 Å². The van der Waals surface area contributed by atoms with E-state index in [1.54, 1.807) is 7.11 Å². The number of ether oxygens (including phenoxy) is 1. The Balaban J connectivity index is 1.75. The molecule has 2 atom stereocenters. The van der Waals surface area contributed by atoms with Gasteiger partial charge in [0.2, 0.25) is 0 Å². The second-order valence-electron chi connectivity index (χ2n) is 6.09. The van der Waals surface area contributed by atoms with E-state index in [1.807, 2.05) is 7.05 Å². The van der Waals surface area contributed by atoms with Crippen molar-refractivity contribution < 1.29 is 4.74 Å². The van der Waals surface area contributed by atoms with Crippen molar-refractivity contribution in [3.63, 3.8) is 0 Å². The van der Waals surface area contributed by atoms with E-state index in [0.717, 1.165) is 30.6 Å². The topological polar surface area (TPSA) is 45.7 Å². The molecular formula is C18H29N3O. The summed E-state index contributed by atoms with van der Waals surface area (Å²) in [5, 5.41) is 6.91. The van der Waals surface area contributed by atoms with Gasteiger partial charge in [-0.25, -0.2) is 0 Å². The molecule has 0 spiro atoms. The van der Waals surface area contributed by atoms with Gasteiger partial charge in [0.15, 0.2) is 5.96 Å². The summed E-state index contributed by atoms with van der Waals surface area (Å²) < 4.78 is 5.37. The number of guanidine groups is 1. The fraction of sp³-hybridized carbons (Fsp3) is 0.611. The molecule has 2 unspecified atom stereocenters. The molecule has 0 amide bonds. The molecule has 0 radical (unpaired) electrons. The SMILES string of the molecule is CCCC1CC1NC(=NC)NCCc1ccc(C)c(OC)c1. The van der Waals surface area contributed by atoms with Crippen LogP contribution in [0.1, 0.15) is 37.3 Å². The van der Waals surface area contributed by atoms with Crippen molar-refractivity contribution >= 4 is 5.96 Å². The van der Waals surface area contributed by atoms with Crippen LogP contribution in [0.3, 0.4) is 0 Å². The van der Waals surface area contributed by atoms with E-state index < -0.39 is 0 Å². The first-order valence-corrected chi connectivity index (χ1v) is 8.28. The number of hydrogen-bond donors (Lipinski definition) is 2. The summed E-state index contributed by atoms with van der Waals surface area (Å²) in [4.78, 5) is 4.31. The predicted molar refractivity (Wildman–Crippen MR) is 92.7 cm³/mol. The molecule has 0 aromatic heterocycles. The lowest BCUT2D eigenvalue weighted by atomic mass is 10.1. The molecule has 4 heteroatoms. The van der Waals surface area contributed by atoms with Gasteiger partial charge in [0, 0.05) is 19.6 Å². The normalized spacial score (nSPS) is 20.6. The first-order chi connectivity index (χ1) is 10.7. The van der Waals surface area contributed by atoms with Gasteiger partial charge in [0.05, 0.1) is 7.11 Å². The van der Waals surface area contributed by atoms with Gasteiger partial charge in [-0.1, -0.05) is 25.5 Å². The lowest BCUT2D eigenvalue weighted by Gasteiger charge is -2.12. The summed E-state index contributed by atoms with van der Waals surface area (Å²) in [6.45, 7) is 5.18. The van der Waals surface area contributed by atoms with Crippen LogP contribution >= 0.6 is 0 Å². The van der Waals surface area contributed by atoms with Crippen LogP contribution in [0.5, 0.6) is 5.75 Å². The molecule has 0 bridgehead atoms. The molecule has 2 N–H and O–H groups in total. The molecule has 122 valence electrons. The smallest absolute Gasteiger partial charge is 0.191 e. The van der Waals surface area contributed by atoms with E-state index in [2.05, 4.69) is 47.7 Å². The van der Waals surface area contributed by atoms with Crippen LogP contribution in [0.2, 0.25) is 0 Å². The maximum atomic E-state index is 5.37. The number of rotatable bonds is 7. The van der Waals surface area contributed by atoms with Crippen molar-refractivity contribution in [3.05, 3.63) is 29.3 Å². The minimum absolute atomic E-state index is 0.616. The molecule has 2 rings (SSSR count). The number of nitrogens with zero attached hydrogens (tertiary/aromatic N) is 1. The van der Waals surface area contributed by atoms with Crippen molar-refractivity contribution in [2.45, 2.75) is 45.6 Å². The number of hydrogen-bond acceptors (Lipinski definition) is 2. The Morgan fingerprint density at radius 2 is 2.23 bits per heavy atom. The summed E-state index contributed by atoms with van der Waals surface area (Å²) in [6, 6.07) is 7.01. The van der Waals surface area contributed by atoms with E-state index >= 15 is 0 Å². The zero-order valence-corrected chi connectivity index (χ0v) is 14.3. The minimum atomic E-state index is 0.616. The highest BCUT2D eigenvalue weighted by Crippen LogP contribution is 2.34. The molecule has 0 aliphatic heterocycles. The van der Waals surface area contributed by atoms with Gasteiger partial charge < -0.3 is 15.4 Å². The van der Waals surface area contributed by atoms with E-state index in [9.17, 15) is 0 Å². The highest BCUT2D eigenvalue weighted by molar-refractivity contribution is 5.80. The fourth-order valence-electron chi connectivity index (χ4n) is 2.83. The third-order valence-corrected chi connectivity index (χ3v) is 4.31. The number of aliphatic imine (C=N–C) groups is 1. The number of methoxy groups -OCH3 is 1. The van der Waals surface area contributed by atoms with Crippen LogP contribution in [-0.4, -0.2) is 32.7 Å². The largest absolute Gasteiger partial charge is 0.496 e. The minimum Gasteiger partial charge on any atom is -0.496 e. The Hall–Kier alpha value is -1.71. The highest BCUT2D eigenvalue weighted by Gasteiger charge is 2.36. The van der Waals surface area contributed by atoms with E-state index in [1.165, 1.54) is 30.4 Å². The molecule has 4 nitrogen and oxygen atoms in total. The van der Waals surface area contributed by atoms with Gasteiger partial charge in [-0.3, -0.25) is 4.99 Å². The van der Waals surface area contributed by atoms with E-state index in [4.69, 9.17) is 4.74 Å². The lowest BCUT2D eigenvalue weighted by molar-refractivity contribution is 0.411. The maximum Gasteiger partial charge on any atom is 0.191 e. The van der Waals surface area contributed by atoms with Crippen LogP contribution in [0.15, 0.2) is 23.2 Å². The van der Waals surface area contributed by atoms with Crippen LogP contribution in [0.25, 0.3) is 0 Å². The fourth-order valence-corrected chi connectivity index (χ4v) is 2.83. The second kappa shape index (κ2) is 8.06. The van der Waals surface area contributed by atoms with Crippen LogP contribution < -0.4 is 15.4 Å². The molecule has 0 saturated heterocycles. The predicted octanol–water partition coefficient (Wildman–Crippen LogP) is 2.90. The maximum absolute atomic E-state index is 5.37. The molecule has 22 heavy (non-hydrogen) atoms. The van der Waals surface area contributed by atoms with Crippen LogP contribution in [-0.2, 0) is 6.42 Å². The van der Waals surface area contributed by atoms with Gasteiger partial charge in [-0.2, -0.15) is 0 Å². The first-order valence-electron chi connectivity index (χ1n) is 8.28. The van der Waals surface area contributed by atoms with Crippen molar-refractivity contribution in [1.82, 2.24) is 10.6 Å². The Kier molecular flexibility index (Phi) is 6.10. The standard InChI is InChI=1S/C18H29N3O/c1-5-6-15-12-16(15)21-18(19-3)20-10-9-14-8-7-13(2)17(11-14)22-4/h7-8,11,15-16H,5-6,9-10,12H2,1-4H3,(H2,19,20,21). The average Bonchev–Trinajstić information content (AvgIpc) is 3.26. The van der Waals surface area contributed by atoms with E-state index in [0.29, 0.717) is 6.04 Å². The summed E-state index contributed by atoms with van der Waals surface area (Å²) >= 11 is 0. The monoisotopic (exact) mass is 303 g/mol. The molecule has 1 aromatic rings. The number of nitrogens with one attached hydrogen (secondary N) is 2. The van der Waals surface area contributed by atoms with Crippen molar-refractivity contribution in [2.75, 3.05) is 20.7 Å². The quantitative estimate of drug-likeness (QED) is 0.601. The van der Waals surface area contributed by atoms with Gasteiger partial charge in [-0.05, 0) is 49.3 Å². The van der Waals surface area contributed by atoms with Crippen LogP contribution in [0, 0.1) is 12.8 Å². The van der Waals surface area contributed by atoms with Crippen molar-refractivity contribution in [1.29, 1.82) is 0 Å². The Morgan fingerprint density at radius 3 is 2.91 bits per heavy atom. The molecule has 1 fully saturated rings. The summed E-state index contributed by atoms with van der Waals surface area (Å²) in [5.74, 6) is 2.72. The average molecular weight is 303 g/mol. The Bertz CT molecular complexity index is 513. The lowest BCUT2D eigenvalue weighted by Crippen LogP contribution is -2.40. The zero-order valence-electron chi connectivity index (χ0n) is 14.3. The van der Waals surface area contributed by atoms with Crippen LogP contribution in [0.4, 0.5) is 0 Å². The Labute approximate surface area is 134 Å². The van der Waals surface area contributed by atoms with Gasteiger partial charge in [-0.15, -0.1) is 0 Å². The van der Waals surface area contributed by atoms with Crippen molar-refractivity contribution in [2.24, 2.45) is 10.9 Å². The summed E-state index contributed by atoms with van der Waals surface area (Å²) in [7, 11) is 3.56. The van der Waals surface area contributed by atoms with Gasteiger partial charge in [0.1, 0.15) is 5.75 Å². The second-order valence-corrected chi connectivity index (χ2v) is 6.09. The van der Waals surface area contributed by atoms with Gasteiger partial charge >= 0.3 is 0 Å². The van der Waals surface area contributed by atoms with E-state index in [-0.39, 0.29) is 0 Å². The Morgan fingerprint density at radius 1 is 1.41 bits per heavy atom. The molecule has 1 aliphatic rings. The number of benzene rings is 1. The third-order valence-electron chi connectivity index (χ3n) is 4.31. The summed E-state index contributed by atoms with van der Waals surface area (Å²) in [6.07, 6.45) is 4.83. The zero-order chi connectivity index (χ0) is 15.9. The molecule has 1 saturated carbocycles. The third kappa shape index (κ3) is 4.65. The highest BCUT2D eigenvalue weighted by atomic mass is 16.5. The molecule has 1 aromatic carbocycles. The summed E-state index contributed by atoms with van der Waals surface area (Å²) in [5.41, 5.74) is 2.45. The number of aryl methyl sites for hydroxylation is 1. The molecule has 1 aliphatic carbocycles. The van der Waals surface area contributed by atoms with Gasteiger partial charge in [0.25, 0.3) is 0 Å². The first kappa shape index (κ1) is 16.7.